The molecule has 0 bridgehead atoms. The van der Waals surface area contributed by atoms with Gasteiger partial charge in [0.1, 0.15) is 17.3 Å². The molecule has 2 aromatic carbocycles. The third-order valence-corrected chi connectivity index (χ3v) is 5.21. The van der Waals surface area contributed by atoms with Crippen LogP contribution in [0.1, 0.15) is 23.2 Å². The minimum Gasteiger partial charge on any atom is -0.507 e. The number of hydrogen-bond donors (Lipinski definition) is 2. The van der Waals surface area contributed by atoms with Crippen molar-refractivity contribution >= 4 is 11.7 Å². The van der Waals surface area contributed by atoms with E-state index in [1.54, 1.807) is 30.3 Å². The molecule has 1 fully saturated rings. The van der Waals surface area contributed by atoms with Crippen molar-refractivity contribution < 1.29 is 23.4 Å². The van der Waals surface area contributed by atoms with Crippen LogP contribution in [0.3, 0.4) is 0 Å². The maximum absolute atomic E-state index is 12.9. The molecular weight excluding hydrogens is 404 g/mol. The number of benzene rings is 2. The van der Waals surface area contributed by atoms with Gasteiger partial charge in [-0.2, -0.15) is 8.78 Å². The normalized spacial score (nSPS) is 13.6. The number of phenols is 1. The number of carbonyl (C=O) groups is 1. The molecule has 4 rings (SSSR count). The third-order valence-electron chi connectivity index (χ3n) is 5.21. The Kier molecular flexibility index (Phi) is 5.70. The van der Waals surface area contributed by atoms with Crippen molar-refractivity contribution in [3.8, 4) is 33.9 Å². The summed E-state index contributed by atoms with van der Waals surface area (Å²) < 4.78 is 30.6. The molecule has 0 unspecified atom stereocenters. The van der Waals surface area contributed by atoms with Gasteiger partial charge in [-0.1, -0.05) is 18.2 Å². The molecule has 0 atom stereocenters. The van der Waals surface area contributed by atoms with E-state index in [9.17, 15) is 18.7 Å². The summed E-state index contributed by atoms with van der Waals surface area (Å²) >= 11 is 0. The van der Waals surface area contributed by atoms with Crippen LogP contribution in [0.5, 0.6) is 11.5 Å². The molecule has 31 heavy (non-hydrogen) atoms. The highest BCUT2D eigenvalue weighted by Crippen LogP contribution is 2.36. The molecule has 0 radical (unpaired) electrons. The fourth-order valence-electron chi connectivity index (χ4n) is 3.72. The first kappa shape index (κ1) is 20.6. The topological polar surface area (TPSA) is 88.7 Å². The molecule has 2 heterocycles. The second-order valence-corrected chi connectivity index (χ2v) is 7.26. The lowest BCUT2D eigenvalue weighted by Gasteiger charge is -2.20. The Morgan fingerprint density at radius 2 is 1.81 bits per heavy atom. The van der Waals surface area contributed by atoms with Gasteiger partial charge in [0.25, 0.3) is 5.91 Å². The van der Waals surface area contributed by atoms with Crippen molar-refractivity contribution in [2.24, 2.45) is 5.73 Å². The number of carbonyl (C=O) groups excluding carboxylic acids is 1. The molecule has 0 spiro atoms. The first-order valence-electron chi connectivity index (χ1n) is 9.87. The van der Waals surface area contributed by atoms with E-state index in [0.717, 1.165) is 25.9 Å². The van der Waals surface area contributed by atoms with E-state index in [1.165, 1.54) is 18.2 Å². The summed E-state index contributed by atoms with van der Waals surface area (Å²) in [6.45, 7) is -1.27. The van der Waals surface area contributed by atoms with Crippen LogP contribution in [0.4, 0.5) is 14.6 Å². The highest BCUT2D eigenvalue weighted by molar-refractivity contribution is 5.97. The van der Waals surface area contributed by atoms with E-state index in [4.69, 9.17) is 15.5 Å². The molecule has 3 N–H and O–H groups in total. The van der Waals surface area contributed by atoms with E-state index in [0.29, 0.717) is 28.2 Å². The lowest BCUT2D eigenvalue weighted by molar-refractivity contribution is -0.0494. The second-order valence-electron chi connectivity index (χ2n) is 7.26. The highest BCUT2D eigenvalue weighted by atomic mass is 19.3. The second kappa shape index (κ2) is 8.59. The van der Waals surface area contributed by atoms with E-state index in [1.807, 2.05) is 6.07 Å². The Labute approximate surface area is 177 Å². The van der Waals surface area contributed by atoms with Crippen molar-refractivity contribution in [1.82, 2.24) is 4.98 Å². The summed E-state index contributed by atoms with van der Waals surface area (Å²) in [6.07, 6.45) is 2.08. The molecule has 1 amide bonds. The van der Waals surface area contributed by atoms with Gasteiger partial charge in [0.2, 0.25) is 0 Å². The summed E-state index contributed by atoms with van der Waals surface area (Å²) in [4.78, 5) is 18.5. The van der Waals surface area contributed by atoms with Crippen molar-refractivity contribution in [3.05, 3.63) is 60.2 Å². The Morgan fingerprint density at radius 1 is 1.06 bits per heavy atom. The molecule has 1 saturated heterocycles. The maximum atomic E-state index is 12.9. The molecule has 160 valence electrons. The number of ether oxygens (including phenoxy) is 1. The average Bonchev–Trinajstić information content (AvgIpc) is 3.28. The molecule has 3 aromatic rings. The summed E-state index contributed by atoms with van der Waals surface area (Å²) in [5, 5.41) is 9.92. The van der Waals surface area contributed by atoms with Gasteiger partial charge in [-0.05, 0) is 54.8 Å². The lowest BCUT2D eigenvalue weighted by Crippen LogP contribution is -2.19. The van der Waals surface area contributed by atoms with Crippen LogP contribution in [0, 0.1) is 0 Å². The number of alkyl halides is 2. The molecule has 0 aliphatic carbocycles. The molecule has 1 aliphatic rings. The molecular formula is C23H21F2N3O3. The smallest absolute Gasteiger partial charge is 0.387 e. The van der Waals surface area contributed by atoms with Crippen LogP contribution in [-0.4, -0.2) is 35.7 Å². The predicted molar refractivity (Wildman–Crippen MR) is 113 cm³/mol. The zero-order valence-corrected chi connectivity index (χ0v) is 16.6. The fourth-order valence-corrected chi connectivity index (χ4v) is 3.72. The van der Waals surface area contributed by atoms with Crippen molar-refractivity contribution in [1.29, 1.82) is 0 Å². The number of nitrogens with zero attached hydrogens (tertiary/aromatic N) is 2. The molecule has 1 aromatic heterocycles. The van der Waals surface area contributed by atoms with Crippen LogP contribution in [0.25, 0.3) is 22.4 Å². The number of hydrogen-bond acceptors (Lipinski definition) is 5. The van der Waals surface area contributed by atoms with Crippen molar-refractivity contribution in [3.63, 3.8) is 0 Å². The first-order chi connectivity index (χ1) is 14.9. The SMILES string of the molecule is NC(=O)c1cc(-c2cc(-c3ccccc3OC(F)F)cc(N3CCCC3)n2)ccc1O. The van der Waals surface area contributed by atoms with Gasteiger partial charge in [0.15, 0.2) is 0 Å². The zero-order chi connectivity index (χ0) is 22.0. The van der Waals surface area contributed by atoms with Gasteiger partial charge in [0.05, 0.1) is 11.3 Å². The van der Waals surface area contributed by atoms with E-state index in [2.05, 4.69) is 4.90 Å². The standard InChI is InChI=1S/C23H21F2N3O3/c24-23(25)31-20-6-2-1-5-16(20)15-12-18(27-21(13-15)28-9-3-4-10-28)14-7-8-19(29)17(11-14)22(26)30/h1-2,5-8,11-13,23,29H,3-4,9-10H2,(H2,26,30). The van der Waals surface area contributed by atoms with Crippen LogP contribution in [-0.2, 0) is 0 Å². The van der Waals surface area contributed by atoms with Crippen LogP contribution in [0.2, 0.25) is 0 Å². The highest BCUT2D eigenvalue weighted by Gasteiger charge is 2.19. The van der Waals surface area contributed by atoms with Crippen LogP contribution in [0.15, 0.2) is 54.6 Å². The van der Waals surface area contributed by atoms with Crippen molar-refractivity contribution in [2.45, 2.75) is 19.5 Å². The molecule has 1 aliphatic heterocycles. The van der Waals surface area contributed by atoms with E-state index >= 15 is 0 Å². The van der Waals surface area contributed by atoms with Gasteiger partial charge in [0, 0.05) is 24.2 Å². The third kappa shape index (κ3) is 4.42. The van der Waals surface area contributed by atoms with Gasteiger partial charge in [-0.3, -0.25) is 4.79 Å². The number of para-hydroxylation sites is 1. The fraction of sp³-hybridized carbons (Fsp3) is 0.217. The van der Waals surface area contributed by atoms with Crippen LogP contribution >= 0.6 is 0 Å². The number of amides is 1. The van der Waals surface area contributed by atoms with Gasteiger partial charge >= 0.3 is 6.61 Å². The first-order valence-corrected chi connectivity index (χ1v) is 9.87. The molecule has 8 heteroatoms. The number of nitrogens with two attached hydrogens (primary N) is 1. The predicted octanol–water partition coefficient (Wildman–Crippen LogP) is 4.42. The zero-order valence-electron chi connectivity index (χ0n) is 16.6. The average molecular weight is 425 g/mol. The monoisotopic (exact) mass is 425 g/mol. The summed E-state index contributed by atoms with van der Waals surface area (Å²) in [5.74, 6) is -0.218. The van der Waals surface area contributed by atoms with E-state index < -0.39 is 12.5 Å². The molecule has 0 saturated carbocycles. The minimum atomic E-state index is -2.95. The number of aromatic nitrogens is 1. The largest absolute Gasteiger partial charge is 0.507 e. The van der Waals surface area contributed by atoms with Crippen LogP contribution < -0.4 is 15.4 Å². The van der Waals surface area contributed by atoms with Gasteiger partial charge < -0.3 is 20.5 Å². The lowest BCUT2D eigenvalue weighted by atomic mass is 10.0. The number of primary amides is 1. The number of halogens is 2. The number of aromatic hydroxyl groups is 1. The van der Waals surface area contributed by atoms with E-state index in [-0.39, 0.29) is 17.1 Å². The maximum Gasteiger partial charge on any atom is 0.387 e. The van der Waals surface area contributed by atoms with Gasteiger partial charge in [-0.15, -0.1) is 0 Å². The summed E-state index contributed by atoms with van der Waals surface area (Å²) in [6, 6.07) is 14.6. The number of pyridine rings is 1. The molecule has 6 nitrogen and oxygen atoms in total. The Morgan fingerprint density at radius 3 is 2.52 bits per heavy atom. The van der Waals surface area contributed by atoms with Gasteiger partial charge in [-0.25, -0.2) is 4.98 Å². The Balaban J connectivity index is 1.87. The number of anilines is 1. The minimum absolute atomic E-state index is 0.0196. The number of rotatable bonds is 6. The van der Waals surface area contributed by atoms with Crippen molar-refractivity contribution in [2.75, 3.05) is 18.0 Å². The quantitative estimate of drug-likeness (QED) is 0.610. The summed E-state index contributed by atoms with van der Waals surface area (Å²) in [7, 11) is 0. The Hall–Kier alpha value is -3.68. The Bertz CT molecular complexity index is 1110. The summed E-state index contributed by atoms with van der Waals surface area (Å²) in [5.41, 5.74) is 7.59.